The Bertz CT molecular complexity index is 1470. The summed E-state index contributed by atoms with van der Waals surface area (Å²) in [6.45, 7) is 25.5. The molecular formula is C52H100N8O16. The molecule has 16 N–H and O–H groups in total. The minimum atomic E-state index is -1.82. The molecule has 0 atom stereocenters. The molecule has 24 heteroatoms. The molecular weight excluding hydrogens is 993 g/mol. The summed E-state index contributed by atoms with van der Waals surface area (Å²) in [6, 6.07) is 1.05. The van der Waals surface area contributed by atoms with Crippen LogP contribution in [0.5, 0.6) is 0 Å². The number of nitrogens with two attached hydrogens (primary N) is 4. The third-order valence-electron chi connectivity index (χ3n) is 12.0. The highest BCUT2D eigenvalue weighted by Gasteiger charge is 2.28. The maximum atomic E-state index is 11.5. The van der Waals surface area contributed by atoms with E-state index in [4.69, 9.17) is 81.5 Å². The molecule has 0 aromatic rings. The topological polar surface area (TPSA) is 407 Å². The van der Waals surface area contributed by atoms with Gasteiger partial charge in [0.2, 0.25) is 0 Å². The summed E-state index contributed by atoms with van der Waals surface area (Å²) in [7, 11) is 0. The van der Waals surface area contributed by atoms with Gasteiger partial charge in [0.25, 0.3) is 0 Å². The van der Waals surface area contributed by atoms with Crippen molar-refractivity contribution in [2.45, 2.75) is 232 Å². The van der Waals surface area contributed by atoms with Gasteiger partial charge < -0.3 is 83.6 Å². The molecule has 0 heterocycles. The van der Waals surface area contributed by atoms with E-state index in [1.54, 1.807) is 0 Å². The smallest absolute Gasteiger partial charge is 0.414 e. The summed E-state index contributed by atoms with van der Waals surface area (Å²) in [4.78, 5) is 82.5. The number of alkyl carbamates (subject to hydrolysis) is 4. The van der Waals surface area contributed by atoms with Gasteiger partial charge >= 0.3 is 48.3 Å². The van der Waals surface area contributed by atoms with Crippen molar-refractivity contribution in [3.63, 3.8) is 0 Å². The van der Waals surface area contributed by atoms with Gasteiger partial charge in [-0.1, -0.05) is 0 Å². The van der Waals surface area contributed by atoms with E-state index in [-0.39, 0.29) is 48.5 Å². The molecule has 0 unspecified atom stereocenters. The van der Waals surface area contributed by atoms with Crippen molar-refractivity contribution in [2.24, 2.45) is 46.6 Å². The summed E-state index contributed by atoms with van der Waals surface area (Å²) in [5.41, 5.74) is 20.8. The van der Waals surface area contributed by atoms with Gasteiger partial charge in [-0.15, -0.1) is 0 Å². The minimum Gasteiger partial charge on any atom is -0.473 e. The van der Waals surface area contributed by atoms with E-state index in [2.05, 4.69) is 21.3 Å². The van der Waals surface area contributed by atoms with Gasteiger partial charge in [0.1, 0.15) is 22.4 Å². The van der Waals surface area contributed by atoms with Crippen LogP contribution in [0.15, 0.2) is 0 Å². The largest absolute Gasteiger partial charge is 0.473 e. The molecule has 4 aliphatic rings. The van der Waals surface area contributed by atoms with E-state index in [0.29, 0.717) is 23.7 Å². The number of nitrogens with one attached hydrogen (secondary N) is 4. The van der Waals surface area contributed by atoms with Crippen molar-refractivity contribution >= 4 is 48.3 Å². The number of rotatable bonds is 8. The molecule has 0 aromatic heterocycles. The number of hydrogen-bond acceptors (Lipinski definition) is 16. The van der Waals surface area contributed by atoms with Crippen LogP contribution in [0.4, 0.5) is 19.2 Å². The molecule has 0 aliphatic heterocycles. The Hall–Kier alpha value is -5.20. The monoisotopic (exact) mass is 1090 g/mol. The minimum absolute atomic E-state index is 0.262. The zero-order chi connectivity index (χ0) is 59.0. The average Bonchev–Trinajstić information content (AvgIpc) is 3.28. The lowest BCUT2D eigenvalue weighted by Gasteiger charge is -2.29. The van der Waals surface area contributed by atoms with E-state index in [0.717, 1.165) is 129 Å². The van der Waals surface area contributed by atoms with Crippen molar-refractivity contribution in [3.8, 4) is 0 Å². The van der Waals surface area contributed by atoms with Gasteiger partial charge in [-0.3, -0.25) is 0 Å². The molecule has 4 saturated carbocycles. The Morgan fingerprint density at radius 1 is 0.316 bits per heavy atom. The van der Waals surface area contributed by atoms with Gasteiger partial charge in [-0.2, -0.15) is 0 Å². The standard InChI is InChI=1S/4C12H24N2O2.2C2H2O4/c4*1-12(2,3)16-11(15)14-10-6-4-9(8-13)5-7-10;2*3-1(4)2(5)6/h4*9-10H,4-8,13H2,1-3H3,(H,14,15);2*(H,3,4)(H,5,6). The third-order valence-corrected chi connectivity index (χ3v) is 12.0. The van der Waals surface area contributed by atoms with E-state index in [1.165, 1.54) is 0 Å². The van der Waals surface area contributed by atoms with Crippen LogP contribution in [0, 0.1) is 23.7 Å². The second-order valence-corrected chi connectivity index (χ2v) is 23.6. The SMILES string of the molecule is CC(C)(C)OC(=O)NC1CCC(CN)CC1.CC(C)(C)OC(=O)NC1CCC(CN)CC1.CC(C)(C)OC(=O)NC1CCC(CN)CC1.CC(C)(C)OC(=O)NC1CCC(CN)CC1.O=C(O)C(=O)O.O=C(O)C(=O)O. The highest BCUT2D eigenvalue weighted by Crippen LogP contribution is 2.26. The fraction of sp³-hybridized carbons (Fsp3) is 0.846. The number of amides is 4. The van der Waals surface area contributed by atoms with Crippen LogP contribution in [-0.4, -0.2) is 141 Å². The van der Waals surface area contributed by atoms with Gasteiger partial charge in [0, 0.05) is 24.2 Å². The molecule has 4 amide bonds. The summed E-state index contributed by atoms with van der Waals surface area (Å²) in [6.07, 6.45) is 15.8. The predicted octanol–water partition coefficient (Wildman–Crippen LogP) is 6.43. The van der Waals surface area contributed by atoms with Crippen molar-refractivity contribution in [1.82, 2.24) is 21.3 Å². The lowest BCUT2D eigenvalue weighted by Crippen LogP contribution is -2.41. The number of carbonyl (C=O) groups is 8. The van der Waals surface area contributed by atoms with Gasteiger partial charge in [-0.05, 0) is 236 Å². The summed E-state index contributed by atoms with van der Waals surface area (Å²) in [5.74, 6) is -4.75. The number of carboxylic acids is 4. The van der Waals surface area contributed by atoms with Gasteiger partial charge in [0.05, 0.1) is 0 Å². The zero-order valence-corrected chi connectivity index (χ0v) is 47.8. The number of ether oxygens (including phenoxy) is 4. The van der Waals surface area contributed by atoms with Crippen molar-refractivity contribution in [2.75, 3.05) is 26.2 Å². The Labute approximate surface area is 451 Å². The van der Waals surface area contributed by atoms with Crippen LogP contribution in [-0.2, 0) is 38.1 Å². The first-order valence-electron chi connectivity index (χ1n) is 26.6. The zero-order valence-electron chi connectivity index (χ0n) is 47.8. The Kier molecular flexibility index (Phi) is 35.3. The number of aliphatic carboxylic acids is 4. The molecule has 0 aromatic carbocycles. The van der Waals surface area contributed by atoms with Crippen molar-refractivity contribution in [1.29, 1.82) is 0 Å². The molecule has 0 saturated heterocycles. The molecule has 24 nitrogen and oxygen atoms in total. The Morgan fingerprint density at radius 2 is 0.447 bits per heavy atom. The van der Waals surface area contributed by atoms with Crippen LogP contribution in [0.25, 0.3) is 0 Å². The van der Waals surface area contributed by atoms with E-state index < -0.39 is 46.3 Å². The van der Waals surface area contributed by atoms with Gasteiger partial charge in [-0.25, -0.2) is 38.4 Å². The van der Waals surface area contributed by atoms with E-state index >= 15 is 0 Å². The normalized spacial score (nSPS) is 23.3. The third kappa shape index (κ3) is 42.0. The van der Waals surface area contributed by atoms with E-state index in [1.807, 2.05) is 83.1 Å². The summed E-state index contributed by atoms with van der Waals surface area (Å²) in [5, 5.41) is 41.2. The molecule has 4 fully saturated rings. The van der Waals surface area contributed by atoms with Crippen LogP contribution in [0.3, 0.4) is 0 Å². The fourth-order valence-corrected chi connectivity index (χ4v) is 8.07. The molecule has 0 bridgehead atoms. The first kappa shape index (κ1) is 72.9. The summed E-state index contributed by atoms with van der Waals surface area (Å²) >= 11 is 0. The quantitative estimate of drug-likeness (QED) is 0.0920. The van der Waals surface area contributed by atoms with Crippen molar-refractivity contribution < 1.29 is 77.7 Å². The molecule has 4 aliphatic carbocycles. The average molecular weight is 1090 g/mol. The second kappa shape index (κ2) is 36.8. The second-order valence-electron chi connectivity index (χ2n) is 23.6. The molecule has 76 heavy (non-hydrogen) atoms. The Balaban J connectivity index is 0. The highest BCUT2D eigenvalue weighted by molar-refractivity contribution is 6.27. The van der Waals surface area contributed by atoms with Crippen molar-refractivity contribution in [3.05, 3.63) is 0 Å². The predicted molar refractivity (Wildman–Crippen MR) is 287 cm³/mol. The fourth-order valence-electron chi connectivity index (χ4n) is 8.07. The molecule has 444 valence electrons. The highest BCUT2D eigenvalue weighted by atomic mass is 16.6. The maximum Gasteiger partial charge on any atom is 0.414 e. The molecule has 0 spiro atoms. The first-order chi connectivity index (χ1) is 34.9. The van der Waals surface area contributed by atoms with Crippen LogP contribution >= 0.6 is 0 Å². The number of hydrogen-bond donors (Lipinski definition) is 12. The van der Waals surface area contributed by atoms with E-state index in [9.17, 15) is 19.2 Å². The van der Waals surface area contributed by atoms with Crippen LogP contribution < -0.4 is 44.2 Å². The molecule has 4 rings (SSSR count). The maximum absolute atomic E-state index is 11.5. The number of carboxylic acid groups (broad SMARTS) is 4. The Morgan fingerprint density at radius 3 is 0.539 bits per heavy atom. The lowest BCUT2D eigenvalue weighted by molar-refractivity contribution is -0.159. The lowest BCUT2D eigenvalue weighted by atomic mass is 9.86. The number of carbonyl (C=O) groups excluding carboxylic acids is 4. The van der Waals surface area contributed by atoms with Crippen LogP contribution in [0.2, 0.25) is 0 Å². The first-order valence-corrected chi connectivity index (χ1v) is 26.6. The molecule has 0 radical (unpaired) electrons. The summed E-state index contributed by atoms with van der Waals surface area (Å²) < 4.78 is 20.9. The van der Waals surface area contributed by atoms with Crippen LogP contribution in [0.1, 0.15) is 186 Å². The van der Waals surface area contributed by atoms with Gasteiger partial charge in [0.15, 0.2) is 0 Å².